The monoisotopic (exact) mass is 187 g/mol. The van der Waals surface area contributed by atoms with Crippen molar-refractivity contribution in [1.82, 2.24) is 5.32 Å². The van der Waals surface area contributed by atoms with Crippen molar-refractivity contribution in [2.75, 3.05) is 18.1 Å². The van der Waals surface area contributed by atoms with Gasteiger partial charge in [0.1, 0.15) is 6.54 Å². The lowest BCUT2D eigenvalue weighted by Crippen LogP contribution is -2.26. The quantitative estimate of drug-likeness (QED) is 0.579. The molecule has 1 atom stereocenters. The summed E-state index contributed by atoms with van der Waals surface area (Å²) in [5, 5.41) is 10.6. The maximum Gasteiger partial charge on any atom is 0.230 e. The molecule has 5 heteroatoms. The van der Waals surface area contributed by atoms with Gasteiger partial charge in [-0.2, -0.15) is 17.0 Å². The molecule has 0 radical (unpaired) electrons. The Hall–Kier alpha value is -0.730. The molecule has 3 N–H and O–H groups in total. The number of hydrogen-bond donors (Lipinski definition) is 2. The molecule has 1 unspecified atom stereocenters. The first-order valence-electron chi connectivity index (χ1n) is 3.63. The zero-order chi connectivity index (χ0) is 9.40. The number of thioether (sulfide) groups is 1. The summed E-state index contributed by atoms with van der Waals surface area (Å²) in [5.74, 6) is 1.03. The minimum Gasteiger partial charge on any atom is -0.342 e. The minimum absolute atomic E-state index is 0.0809. The van der Waals surface area contributed by atoms with Crippen LogP contribution in [0.2, 0.25) is 0 Å². The fraction of sp³-hybridized carbons (Fsp3) is 0.714. The highest BCUT2D eigenvalue weighted by Crippen LogP contribution is 1.99. The highest BCUT2D eigenvalue weighted by molar-refractivity contribution is 7.99. The summed E-state index contributed by atoms with van der Waals surface area (Å²) in [6.45, 7) is 1.97. The molecule has 0 aliphatic rings. The van der Waals surface area contributed by atoms with Gasteiger partial charge < -0.3 is 11.1 Å². The number of nitrogens with one attached hydrogen (secondary N) is 1. The Balaban J connectivity index is 3.27. The molecule has 0 aromatic heterocycles. The Bertz CT molecular complexity index is 176. The Kier molecular flexibility index (Phi) is 6.53. The zero-order valence-corrected chi connectivity index (χ0v) is 7.86. The smallest absolute Gasteiger partial charge is 0.230 e. The van der Waals surface area contributed by atoms with Crippen LogP contribution in [-0.4, -0.2) is 30.0 Å². The molecule has 0 saturated carbocycles. The summed E-state index contributed by atoms with van der Waals surface area (Å²) in [6, 6.07) is 1.94. The highest BCUT2D eigenvalue weighted by atomic mass is 32.2. The molecule has 0 aliphatic carbocycles. The van der Waals surface area contributed by atoms with Gasteiger partial charge in [-0.1, -0.05) is 0 Å². The van der Waals surface area contributed by atoms with Crippen molar-refractivity contribution in [2.45, 2.75) is 13.0 Å². The van der Waals surface area contributed by atoms with Crippen LogP contribution in [-0.2, 0) is 4.79 Å². The van der Waals surface area contributed by atoms with E-state index in [0.717, 1.165) is 5.75 Å². The molecule has 0 saturated heterocycles. The van der Waals surface area contributed by atoms with Gasteiger partial charge in [-0.15, -0.1) is 0 Å². The SMILES string of the molecule is CC(N)CSCC(=O)NCC#N. The van der Waals surface area contributed by atoms with Crippen LogP contribution in [0.25, 0.3) is 0 Å². The Morgan fingerprint density at radius 2 is 2.50 bits per heavy atom. The van der Waals surface area contributed by atoms with Crippen LogP contribution in [0.5, 0.6) is 0 Å². The third kappa shape index (κ3) is 7.38. The predicted molar refractivity (Wildman–Crippen MR) is 49.6 cm³/mol. The van der Waals surface area contributed by atoms with Crippen LogP contribution in [0.1, 0.15) is 6.92 Å². The van der Waals surface area contributed by atoms with Gasteiger partial charge in [-0.25, -0.2) is 0 Å². The van der Waals surface area contributed by atoms with Crippen molar-refractivity contribution in [3.8, 4) is 6.07 Å². The molecule has 0 aromatic carbocycles. The number of carbonyl (C=O) groups is 1. The third-order valence-electron chi connectivity index (χ3n) is 0.979. The van der Waals surface area contributed by atoms with Gasteiger partial charge in [0, 0.05) is 11.8 Å². The number of nitriles is 1. The lowest BCUT2D eigenvalue weighted by Gasteiger charge is -2.03. The summed E-state index contributed by atoms with van der Waals surface area (Å²) in [4.78, 5) is 10.9. The largest absolute Gasteiger partial charge is 0.342 e. The minimum atomic E-state index is -0.109. The van der Waals surface area contributed by atoms with Crippen molar-refractivity contribution in [3.63, 3.8) is 0 Å². The lowest BCUT2D eigenvalue weighted by molar-refractivity contribution is -0.118. The van der Waals surface area contributed by atoms with E-state index in [-0.39, 0.29) is 18.5 Å². The molecule has 4 nitrogen and oxygen atoms in total. The van der Waals surface area contributed by atoms with Crippen LogP contribution >= 0.6 is 11.8 Å². The number of hydrogen-bond acceptors (Lipinski definition) is 4. The fourth-order valence-corrected chi connectivity index (χ4v) is 1.30. The number of amides is 1. The average molecular weight is 187 g/mol. The number of nitrogens with two attached hydrogens (primary N) is 1. The molecule has 0 bridgehead atoms. The van der Waals surface area contributed by atoms with Gasteiger partial charge in [0.15, 0.2) is 0 Å². The van der Waals surface area contributed by atoms with Crippen LogP contribution in [0.3, 0.4) is 0 Å². The summed E-state index contributed by atoms with van der Waals surface area (Å²) >= 11 is 1.47. The van der Waals surface area contributed by atoms with Crippen molar-refractivity contribution in [1.29, 1.82) is 5.26 Å². The van der Waals surface area contributed by atoms with E-state index in [9.17, 15) is 4.79 Å². The number of rotatable bonds is 5. The van der Waals surface area contributed by atoms with Crippen LogP contribution in [0.4, 0.5) is 0 Å². The summed E-state index contributed by atoms with van der Waals surface area (Å²) in [7, 11) is 0. The van der Waals surface area contributed by atoms with Crippen molar-refractivity contribution in [3.05, 3.63) is 0 Å². The van der Waals surface area contributed by atoms with Gasteiger partial charge in [0.2, 0.25) is 5.91 Å². The first kappa shape index (κ1) is 11.3. The molecule has 0 heterocycles. The van der Waals surface area contributed by atoms with Crippen molar-refractivity contribution < 1.29 is 4.79 Å². The molecule has 0 fully saturated rings. The fourth-order valence-electron chi connectivity index (χ4n) is 0.527. The topological polar surface area (TPSA) is 78.9 Å². The van der Waals surface area contributed by atoms with E-state index < -0.39 is 0 Å². The Morgan fingerprint density at radius 1 is 1.83 bits per heavy atom. The van der Waals surface area contributed by atoms with E-state index >= 15 is 0 Å². The molecule has 0 aromatic rings. The summed E-state index contributed by atoms with van der Waals surface area (Å²) in [5.41, 5.74) is 5.47. The van der Waals surface area contributed by atoms with E-state index in [1.165, 1.54) is 11.8 Å². The second-order valence-electron chi connectivity index (χ2n) is 2.43. The maximum atomic E-state index is 10.9. The second-order valence-corrected chi connectivity index (χ2v) is 3.46. The summed E-state index contributed by atoms with van der Waals surface area (Å²) < 4.78 is 0. The predicted octanol–water partition coefficient (Wildman–Crippen LogP) is -0.293. The van der Waals surface area contributed by atoms with Gasteiger partial charge in [-0.05, 0) is 6.92 Å². The van der Waals surface area contributed by atoms with Crippen molar-refractivity contribution >= 4 is 17.7 Å². The number of nitrogens with zero attached hydrogens (tertiary/aromatic N) is 1. The van der Waals surface area contributed by atoms with Gasteiger partial charge >= 0.3 is 0 Å². The molecule has 12 heavy (non-hydrogen) atoms. The van der Waals surface area contributed by atoms with E-state index in [0.29, 0.717) is 5.75 Å². The average Bonchev–Trinajstić information content (AvgIpc) is 2.00. The van der Waals surface area contributed by atoms with Crippen LogP contribution in [0.15, 0.2) is 0 Å². The molecular weight excluding hydrogens is 174 g/mol. The zero-order valence-electron chi connectivity index (χ0n) is 7.04. The van der Waals surface area contributed by atoms with Gasteiger partial charge in [0.05, 0.1) is 11.8 Å². The molecule has 0 rings (SSSR count). The summed E-state index contributed by atoms with van der Waals surface area (Å²) in [6.07, 6.45) is 0. The molecule has 0 aliphatic heterocycles. The van der Waals surface area contributed by atoms with Crippen LogP contribution in [0, 0.1) is 11.3 Å². The van der Waals surface area contributed by atoms with E-state index in [2.05, 4.69) is 5.32 Å². The molecule has 1 amide bonds. The van der Waals surface area contributed by atoms with Gasteiger partial charge in [0.25, 0.3) is 0 Å². The Morgan fingerprint density at radius 3 is 3.00 bits per heavy atom. The Labute approximate surface area is 76.5 Å². The molecule has 0 spiro atoms. The van der Waals surface area contributed by atoms with Crippen molar-refractivity contribution in [2.24, 2.45) is 5.73 Å². The van der Waals surface area contributed by atoms with E-state index in [1.54, 1.807) is 0 Å². The maximum absolute atomic E-state index is 10.9. The normalized spacial score (nSPS) is 11.8. The van der Waals surface area contributed by atoms with Crippen LogP contribution < -0.4 is 11.1 Å². The number of carbonyl (C=O) groups excluding carboxylic acids is 1. The van der Waals surface area contributed by atoms with Gasteiger partial charge in [-0.3, -0.25) is 4.79 Å². The standard InChI is InChI=1S/C7H13N3OS/c1-6(9)4-12-5-7(11)10-3-2-8/h6H,3-5,9H2,1H3,(H,10,11). The second kappa shape index (κ2) is 6.95. The molecular formula is C7H13N3OS. The van der Waals surface area contributed by atoms with E-state index in [1.807, 2.05) is 13.0 Å². The first-order chi connectivity index (χ1) is 5.66. The highest BCUT2D eigenvalue weighted by Gasteiger charge is 2.00. The third-order valence-corrected chi connectivity index (χ3v) is 2.21. The van der Waals surface area contributed by atoms with E-state index in [4.69, 9.17) is 11.0 Å². The lowest BCUT2D eigenvalue weighted by atomic mass is 10.4. The molecule has 68 valence electrons. The first-order valence-corrected chi connectivity index (χ1v) is 4.79.